The van der Waals surface area contributed by atoms with E-state index in [1.54, 1.807) is 0 Å². The zero-order valence-electron chi connectivity index (χ0n) is 30.1. The Labute approximate surface area is 327 Å². The Kier molecular flexibility index (Phi) is 7.64. The summed E-state index contributed by atoms with van der Waals surface area (Å²) in [4.78, 5) is 15.0. The number of benzene rings is 8. The van der Waals surface area contributed by atoms with E-state index < -0.39 is 0 Å². The van der Waals surface area contributed by atoms with Crippen LogP contribution in [-0.2, 0) is 0 Å². The Morgan fingerprint density at radius 1 is 0.339 bits per heavy atom. The number of aromatic nitrogens is 3. The highest BCUT2D eigenvalue weighted by Gasteiger charge is 2.18. The van der Waals surface area contributed by atoms with Crippen LogP contribution in [0.1, 0.15) is 0 Å². The molecule has 11 aromatic rings. The molecule has 0 aliphatic heterocycles. The van der Waals surface area contributed by atoms with Crippen molar-refractivity contribution < 1.29 is 4.42 Å². The predicted molar refractivity (Wildman–Crippen MR) is 233 cm³/mol. The van der Waals surface area contributed by atoms with Crippen LogP contribution in [0.3, 0.4) is 0 Å². The van der Waals surface area contributed by atoms with Crippen LogP contribution in [0, 0.1) is 0 Å². The van der Waals surface area contributed by atoms with E-state index in [1.165, 1.54) is 42.4 Å². The van der Waals surface area contributed by atoms with E-state index >= 15 is 0 Å². The van der Waals surface area contributed by atoms with Gasteiger partial charge in [0.15, 0.2) is 17.5 Å². The lowest BCUT2D eigenvalue weighted by Crippen LogP contribution is -2.00. The van der Waals surface area contributed by atoms with E-state index in [1.807, 2.05) is 47.7 Å². The van der Waals surface area contributed by atoms with Gasteiger partial charge in [0.1, 0.15) is 11.2 Å². The largest absolute Gasteiger partial charge is 0.456 e. The van der Waals surface area contributed by atoms with Gasteiger partial charge in [0.05, 0.1) is 0 Å². The van der Waals surface area contributed by atoms with Crippen LogP contribution in [0.5, 0.6) is 0 Å². The summed E-state index contributed by atoms with van der Waals surface area (Å²) in [5.74, 6) is 1.83. The van der Waals surface area contributed by atoms with Crippen molar-refractivity contribution in [2.45, 2.75) is 0 Å². The molecule has 5 heteroatoms. The molecule has 3 aromatic heterocycles. The summed E-state index contributed by atoms with van der Waals surface area (Å²) in [5, 5.41) is 4.70. The van der Waals surface area contributed by atoms with Gasteiger partial charge in [-0.2, -0.15) is 0 Å². The van der Waals surface area contributed by atoms with Crippen molar-refractivity contribution in [1.82, 2.24) is 15.0 Å². The van der Waals surface area contributed by atoms with Gasteiger partial charge in [-0.3, -0.25) is 0 Å². The molecule has 0 N–H and O–H groups in total. The van der Waals surface area contributed by atoms with Crippen LogP contribution < -0.4 is 0 Å². The lowest BCUT2D eigenvalue weighted by Gasteiger charge is -2.09. The van der Waals surface area contributed by atoms with Gasteiger partial charge in [0.25, 0.3) is 0 Å². The van der Waals surface area contributed by atoms with Gasteiger partial charge in [-0.25, -0.2) is 15.0 Å². The number of hydrogen-bond donors (Lipinski definition) is 0. The van der Waals surface area contributed by atoms with E-state index in [2.05, 4.69) is 152 Å². The smallest absolute Gasteiger partial charge is 0.164 e. The summed E-state index contributed by atoms with van der Waals surface area (Å²) in [6, 6.07) is 65.6. The molecule has 8 aromatic carbocycles. The number of furan rings is 1. The van der Waals surface area contributed by atoms with Gasteiger partial charge in [0.2, 0.25) is 0 Å². The Morgan fingerprint density at radius 3 is 1.48 bits per heavy atom. The summed E-state index contributed by atoms with van der Waals surface area (Å²) >= 11 is 1.85. The van der Waals surface area contributed by atoms with E-state index in [0.717, 1.165) is 49.8 Å². The third-order valence-corrected chi connectivity index (χ3v) is 11.8. The molecule has 0 aliphatic carbocycles. The standard InChI is InChI=1S/C51H31N3OS/c1-4-12-32(13-5-1)33-20-22-36(23-21-33)50-52-49(35-16-8-3-9-17-35)53-51(54-50)38-25-27-42-41-26-24-37(30-44(41)55-45(42)31-38)40-29-28-39(34-14-6-2-7-15-34)47-43-18-10-11-19-46(43)56-48(40)47/h1-31H. The first kappa shape index (κ1) is 32.2. The molecule has 11 rings (SSSR count). The third-order valence-electron chi connectivity index (χ3n) is 10.6. The quantitative estimate of drug-likeness (QED) is 0.171. The minimum atomic E-state index is 0.592. The second-order valence-corrected chi connectivity index (χ2v) is 15.0. The fraction of sp³-hybridized carbons (Fsp3) is 0. The average Bonchev–Trinajstić information content (AvgIpc) is 3.85. The van der Waals surface area contributed by atoms with Gasteiger partial charge < -0.3 is 4.42 Å². The van der Waals surface area contributed by atoms with Crippen LogP contribution in [-0.4, -0.2) is 15.0 Å². The molecule has 0 fully saturated rings. The molecule has 0 atom stereocenters. The number of nitrogens with zero attached hydrogens (tertiary/aromatic N) is 3. The first-order valence-electron chi connectivity index (χ1n) is 18.7. The lowest BCUT2D eigenvalue weighted by atomic mass is 9.94. The van der Waals surface area contributed by atoms with Gasteiger partial charge in [-0.05, 0) is 63.7 Å². The molecular weight excluding hydrogens is 703 g/mol. The molecule has 0 radical (unpaired) electrons. The van der Waals surface area contributed by atoms with Crippen LogP contribution in [0.2, 0.25) is 0 Å². The van der Waals surface area contributed by atoms with Crippen molar-refractivity contribution in [2.75, 3.05) is 0 Å². The van der Waals surface area contributed by atoms with Crippen molar-refractivity contribution in [3.8, 4) is 67.5 Å². The average molecular weight is 734 g/mol. The molecule has 0 spiro atoms. The number of hydrogen-bond acceptors (Lipinski definition) is 5. The second-order valence-electron chi connectivity index (χ2n) is 14.0. The minimum absolute atomic E-state index is 0.592. The number of fused-ring (bicyclic) bond motifs is 6. The molecule has 3 heterocycles. The molecule has 56 heavy (non-hydrogen) atoms. The highest BCUT2D eigenvalue weighted by atomic mass is 32.1. The van der Waals surface area contributed by atoms with Gasteiger partial charge in [0, 0.05) is 47.6 Å². The lowest BCUT2D eigenvalue weighted by molar-refractivity contribution is 0.669. The fourth-order valence-corrected chi connectivity index (χ4v) is 9.05. The Balaban J connectivity index is 1.01. The first-order chi connectivity index (χ1) is 27.7. The Hall–Kier alpha value is -7.21. The zero-order chi connectivity index (χ0) is 37.0. The maximum atomic E-state index is 6.66. The van der Waals surface area contributed by atoms with Crippen molar-refractivity contribution in [3.05, 3.63) is 188 Å². The molecule has 0 saturated heterocycles. The third kappa shape index (κ3) is 5.56. The summed E-state index contributed by atoms with van der Waals surface area (Å²) in [5.41, 5.74) is 11.5. The van der Waals surface area contributed by atoms with Crippen molar-refractivity contribution in [3.63, 3.8) is 0 Å². The fourth-order valence-electron chi connectivity index (χ4n) is 7.79. The van der Waals surface area contributed by atoms with Crippen LogP contribution in [0.15, 0.2) is 192 Å². The van der Waals surface area contributed by atoms with Gasteiger partial charge in [-0.1, -0.05) is 158 Å². The van der Waals surface area contributed by atoms with Crippen molar-refractivity contribution in [1.29, 1.82) is 0 Å². The van der Waals surface area contributed by atoms with E-state index in [9.17, 15) is 0 Å². The normalized spacial score (nSPS) is 11.6. The molecular formula is C51H31N3OS. The highest BCUT2D eigenvalue weighted by Crippen LogP contribution is 2.45. The molecule has 0 bridgehead atoms. The molecule has 4 nitrogen and oxygen atoms in total. The van der Waals surface area contributed by atoms with E-state index in [0.29, 0.717) is 17.5 Å². The summed E-state index contributed by atoms with van der Waals surface area (Å²) in [6.07, 6.45) is 0. The van der Waals surface area contributed by atoms with Crippen LogP contribution in [0.4, 0.5) is 0 Å². The van der Waals surface area contributed by atoms with Crippen molar-refractivity contribution >= 4 is 53.4 Å². The Bertz CT molecular complexity index is 3230. The summed E-state index contributed by atoms with van der Waals surface area (Å²) < 4.78 is 9.22. The zero-order valence-corrected chi connectivity index (χ0v) is 30.9. The maximum Gasteiger partial charge on any atom is 0.164 e. The van der Waals surface area contributed by atoms with Crippen LogP contribution >= 0.6 is 11.3 Å². The van der Waals surface area contributed by atoms with E-state index in [4.69, 9.17) is 19.4 Å². The van der Waals surface area contributed by atoms with Gasteiger partial charge in [-0.15, -0.1) is 11.3 Å². The summed E-state index contributed by atoms with van der Waals surface area (Å²) in [7, 11) is 0. The monoisotopic (exact) mass is 733 g/mol. The highest BCUT2D eigenvalue weighted by molar-refractivity contribution is 7.26. The van der Waals surface area contributed by atoms with Crippen LogP contribution in [0.25, 0.3) is 110 Å². The van der Waals surface area contributed by atoms with Crippen molar-refractivity contribution in [2.24, 2.45) is 0 Å². The SMILES string of the molecule is c1ccc(-c2ccc(-c3nc(-c4ccccc4)nc(-c4ccc5c(c4)oc4cc(-c6ccc(-c7ccccc7)c7c6sc6ccccc67)ccc45)n3)cc2)cc1. The topological polar surface area (TPSA) is 51.8 Å². The molecule has 0 aliphatic rings. The number of rotatable bonds is 6. The number of thiophene rings is 1. The molecule has 0 saturated carbocycles. The second kappa shape index (κ2) is 13.3. The first-order valence-corrected chi connectivity index (χ1v) is 19.5. The molecule has 0 amide bonds. The maximum absolute atomic E-state index is 6.66. The molecule has 0 unspecified atom stereocenters. The van der Waals surface area contributed by atoms with Gasteiger partial charge >= 0.3 is 0 Å². The predicted octanol–water partition coefficient (Wildman–Crippen LogP) is 14.1. The minimum Gasteiger partial charge on any atom is -0.456 e. The van der Waals surface area contributed by atoms with E-state index in [-0.39, 0.29) is 0 Å². The summed E-state index contributed by atoms with van der Waals surface area (Å²) in [6.45, 7) is 0. The Morgan fingerprint density at radius 2 is 0.804 bits per heavy atom. The molecule has 262 valence electrons.